The zero-order valence-electron chi connectivity index (χ0n) is 12.8. The molecule has 0 aliphatic carbocycles. The van der Waals surface area contributed by atoms with Crippen LogP contribution in [0.5, 0.6) is 5.75 Å². The van der Waals surface area contributed by atoms with Crippen LogP contribution >= 0.6 is 12.4 Å². The topological polar surface area (TPSA) is 50.4 Å². The maximum absolute atomic E-state index is 11.9. The van der Waals surface area contributed by atoms with Crippen molar-refractivity contribution in [3.63, 3.8) is 0 Å². The molecular formula is C16H25ClN2O2. The average Bonchev–Trinajstić information content (AvgIpc) is 2.43. The third-order valence-corrected chi connectivity index (χ3v) is 3.53. The predicted octanol–water partition coefficient (Wildman–Crippen LogP) is 2.22. The van der Waals surface area contributed by atoms with Gasteiger partial charge in [0.25, 0.3) is 0 Å². The quantitative estimate of drug-likeness (QED) is 0.820. The van der Waals surface area contributed by atoms with Crippen LogP contribution in [0.25, 0.3) is 0 Å². The first kappa shape index (κ1) is 17.8. The number of halogens is 1. The largest absolute Gasteiger partial charge is 0.492 e. The molecule has 1 aliphatic rings. The summed E-state index contributed by atoms with van der Waals surface area (Å²) in [5.41, 5.74) is 2.38. The molecule has 1 saturated heterocycles. The van der Waals surface area contributed by atoms with Crippen LogP contribution in [0.2, 0.25) is 0 Å². The van der Waals surface area contributed by atoms with Crippen LogP contribution in [0.3, 0.4) is 0 Å². The fourth-order valence-corrected chi connectivity index (χ4v) is 2.58. The number of hydrogen-bond donors (Lipinski definition) is 2. The van der Waals surface area contributed by atoms with E-state index in [1.165, 1.54) is 11.1 Å². The lowest BCUT2D eigenvalue weighted by molar-refractivity contribution is -0.125. The van der Waals surface area contributed by atoms with Crippen molar-refractivity contribution >= 4 is 18.3 Å². The lowest BCUT2D eigenvalue weighted by atomic mass is 9.99. The summed E-state index contributed by atoms with van der Waals surface area (Å²) in [6.07, 6.45) is 2.06. The van der Waals surface area contributed by atoms with E-state index in [1.54, 1.807) is 0 Å². The Balaban J connectivity index is 0.00000220. The summed E-state index contributed by atoms with van der Waals surface area (Å²) >= 11 is 0. The Morgan fingerprint density at radius 2 is 2.05 bits per heavy atom. The number of piperidine rings is 1. The molecule has 1 fully saturated rings. The number of amides is 1. The summed E-state index contributed by atoms with van der Waals surface area (Å²) in [6.45, 7) is 7.00. The van der Waals surface area contributed by atoms with Gasteiger partial charge in [-0.25, -0.2) is 0 Å². The second-order valence-corrected chi connectivity index (χ2v) is 5.51. The molecule has 1 amide bonds. The molecule has 118 valence electrons. The van der Waals surface area contributed by atoms with Gasteiger partial charge in [0.15, 0.2) is 0 Å². The highest BCUT2D eigenvalue weighted by molar-refractivity contribution is 5.85. The third-order valence-electron chi connectivity index (χ3n) is 3.53. The summed E-state index contributed by atoms with van der Waals surface area (Å²) < 4.78 is 5.68. The van der Waals surface area contributed by atoms with Gasteiger partial charge in [0.05, 0.1) is 12.5 Å². The molecule has 2 N–H and O–H groups in total. The number of benzene rings is 1. The standard InChI is InChI=1S/C16H24N2O2.ClH/c1-12-8-13(2)10-15(9-12)20-7-6-18-16(19)14-4-3-5-17-11-14;/h8-10,14,17H,3-7,11H2,1-2H3,(H,18,19);1H. The van der Waals surface area contributed by atoms with Crippen molar-refractivity contribution < 1.29 is 9.53 Å². The van der Waals surface area contributed by atoms with Crippen molar-refractivity contribution in [3.05, 3.63) is 29.3 Å². The molecule has 1 aromatic carbocycles. The molecule has 0 saturated carbocycles. The summed E-state index contributed by atoms with van der Waals surface area (Å²) in [5, 5.41) is 6.20. The molecule has 1 unspecified atom stereocenters. The molecule has 0 bridgehead atoms. The minimum absolute atomic E-state index is 0. The Hall–Kier alpha value is -1.26. The molecule has 1 heterocycles. The van der Waals surface area contributed by atoms with Gasteiger partial charge in [-0.3, -0.25) is 4.79 Å². The first-order chi connectivity index (χ1) is 9.65. The molecule has 1 aromatic rings. The Kier molecular flexibility index (Phi) is 7.54. The Morgan fingerprint density at radius 1 is 1.33 bits per heavy atom. The summed E-state index contributed by atoms with van der Waals surface area (Å²) in [4.78, 5) is 11.9. The number of ether oxygens (including phenoxy) is 1. The summed E-state index contributed by atoms with van der Waals surface area (Å²) in [7, 11) is 0. The lowest BCUT2D eigenvalue weighted by Gasteiger charge is -2.21. The molecular weight excluding hydrogens is 288 g/mol. The van der Waals surface area contributed by atoms with Crippen LogP contribution < -0.4 is 15.4 Å². The van der Waals surface area contributed by atoms with E-state index in [9.17, 15) is 4.79 Å². The van der Waals surface area contributed by atoms with E-state index in [0.717, 1.165) is 31.7 Å². The van der Waals surface area contributed by atoms with E-state index >= 15 is 0 Å². The second-order valence-electron chi connectivity index (χ2n) is 5.51. The van der Waals surface area contributed by atoms with Gasteiger partial charge in [-0.05, 0) is 56.5 Å². The maximum Gasteiger partial charge on any atom is 0.224 e. The number of carbonyl (C=O) groups is 1. The lowest BCUT2D eigenvalue weighted by Crippen LogP contribution is -2.41. The molecule has 1 atom stereocenters. The third kappa shape index (κ3) is 5.94. The highest BCUT2D eigenvalue weighted by atomic mass is 35.5. The first-order valence-corrected chi connectivity index (χ1v) is 7.34. The minimum atomic E-state index is 0. The van der Waals surface area contributed by atoms with Crippen molar-refractivity contribution in [1.82, 2.24) is 10.6 Å². The molecule has 0 radical (unpaired) electrons. The molecule has 4 nitrogen and oxygen atoms in total. The van der Waals surface area contributed by atoms with Gasteiger partial charge in [0.1, 0.15) is 12.4 Å². The van der Waals surface area contributed by atoms with E-state index in [4.69, 9.17) is 4.74 Å². The van der Waals surface area contributed by atoms with Gasteiger partial charge in [-0.15, -0.1) is 12.4 Å². The van der Waals surface area contributed by atoms with Crippen molar-refractivity contribution in [2.75, 3.05) is 26.2 Å². The van der Waals surface area contributed by atoms with Crippen LogP contribution in [0.15, 0.2) is 18.2 Å². The van der Waals surface area contributed by atoms with Crippen molar-refractivity contribution in [2.24, 2.45) is 5.92 Å². The van der Waals surface area contributed by atoms with Gasteiger partial charge in [0.2, 0.25) is 5.91 Å². The second kappa shape index (κ2) is 8.90. The molecule has 5 heteroatoms. The van der Waals surface area contributed by atoms with Crippen LogP contribution in [-0.4, -0.2) is 32.1 Å². The van der Waals surface area contributed by atoms with Gasteiger partial charge in [0, 0.05) is 6.54 Å². The number of carbonyl (C=O) groups excluding carboxylic acids is 1. The van der Waals surface area contributed by atoms with Crippen LogP contribution in [0.4, 0.5) is 0 Å². The van der Waals surface area contributed by atoms with Crippen molar-refractivity contribution in [1.29, 1.82) is 0 Å². The minimum Gasteiger partial charge on any atom is -0.492 e. The van der Waals surface area contributed by atoms with Gasteiger partial charge >= 0.3 is 0 Å². The monoisotopic (exact) mass is 312 g/mol. The van der Waals surface area contributed by atoms with E-state index in [1.807, 2.05) is 12.1 Å². The highest BCUT2D eigenvalue weighted by Gasteiger charge is 2.20. The number of nitrogens with one attached hydrogen (secondary N) is 2. The molecule has 1 aliphatic heterocycles. The Labute approximate surface area is 133 Å². The smallest absolute Gasteiger partial charge is 0.224 e. The molecule has 2 rings (SSSR count). The molecule has 0 aromatic heterocycles. The van der Waals surface area contributed by atoms with Gasteiger partial charge in [-0.2, -0.15) is 0 Å². The SMILES string of the molecule is Cc1cc(C)cc(OCCNC(=O)C2CCCNC2)c1.Cl. The van der Waals surface area contributed by atoms with E-state index < -0.39 is 0 Å². The Bertz CT molecular complexity index is 439. The molecule has 21 heavy (non-hydrogen) atoms. The zero-order chi connectivity index (χ0) is 14.4. The van der Waals surface area contributed by atoms with Gasteiger partial charge in [-0.1, -0.05) is 6.07 Å². The zero-order valence-corrected chi connectivity index (χ0v) is 13.6. The molecule has 0 spiro atoms. The maximum atomic E-state index is 11.9. The fraction of sp³-hybridized carbons (Fsp3) is 0.562. The fourth-order valence-electron chi connectivity index (χ4n) is 2.58. The predicted molar refractivity (Wildman–Crippen MR) is 87.3 cm³/mol. The first-order valence-electron chi connectivity index (χ1n) is 7.34. The Morgan fingerprint density at radius 3 is 2.67 bits per heavy atom. The highest BCUT2D eigenvalue weighted by Crippen LogP contribution is 2.16. The van der Waals surface area contributed by atoms with E-state index in [2.05, 4.69) is 30.5 Å². The van der Waals surface area contributed by atoms with E-state index in [-0.39, 0.29) is 24.2 Å². The van der Waals surface area contributed by atoms with Crippen LogP contribution in [0, 0.1) is 19.8 Å². The van der Waals surface area contributed by atoms with Crippen molar-refractivity contribution in [3.8, 4) is 5.75 Å². The van der Waals surface area contributed by atoms with Crippen LogP contribution in [0.1, 0.15) is 24.0 Å². The summed E-state index contributed by atoms with van der Waals surface area (Å²) in [5.74, 6) is 1.13. The van der Waals surface area contributed by atoms with Crippen LogP contribution in [-0.2, 0) is 4.79 Å². The number of hydrogen-bond acceptors (Lipinski definition) is 3. The normalized spacial score (nSPS) is 17.7. The van der Waals surface area contributed by atoms with Gasteiger partial charge < -0.3 is 15.4 Å². The number of rotatable bonds is 5. The average molecular weight is 313 g/mol. The summed E-state index contributed by atoms with van der Waals surface area (Å²) in [6, 6.07) is 6.14. The number of aryl methyl sites for hydroxylation is 2. The van der Waals surface area contributed by atoms with E-state index in [0.29, 0.717) is 13.2 Å². The van der Waals surface area contributed by atoms with Crippen molar-refractivity contribution in [2.45, 2.75) is 26.7 Å².